The number of alkyl halides is 3. The van der Waals surface area contributed by atoms with Gasteiger partial charge in [-0.05, 0) is 37.3 Å². The fourth-order valence-electron chi connectivity index (χ4n) is 3.56. The Morgan fingerprint density at radius 2 is 1.74 bits per heavy atom. The van der Waals surface area contributed by atoms with Gasteiger partial charge in [-0.3, -0.25) is 9.69 Å². The summed E-state index contributed by atoms with van der Waals surface area (Å²) in [6.45, 7) is 3.98. The van der Waals surface area contributed by atoms with Crippen LogP contribution in [0.2, 0.25) is 0 Å². The minimum absolute atomic E-state index is 0.195. The zero-order chi connectivity index (χ0) is 22.6. The molecule has 1 fully saturated rings. The highest BCUT2D eigenvalue weighted by Gasteiger charge is 2.31. The summed E-state index contributed by atoms with van der Waals surface area (Å²) in [6, 6.07) is 10.1. The number of anilines is 2. The number of benzene rings is 2. The van der Waals surface area contributed by atoms with Gasteiger partial charge >= 0.3 is 6.18 Å². The second kappa shape index (κ2) is 9.47. The van der Waals surface area contributed by atoms with Crippen LogP contribution in [0.1, 0.15) is 12.5 Å². The van der Waals surface area contributed by atoms with Crippen molar-refractivity contribution in [1.29, 1.82) is 0 Å². The van der Waals surface area contributed by atoms with Gasteiger partial charge in [0, 0.05) is 37.9 Å². The Bertz CT molecular complexity index is 912. The summed E-state index contributed by atoms with van der Waals surface area (Å²) in [4.78, 5) is 16.7. The first-order valence-electron chi connectivity index (χ1n) is 9.92. The second-order valence-corrected chi connectivity index (χ2v) is 7.30. The van der Waals surface area contributed by atoms with Crippen LogP contribution >= 0.6 is 0 Å². The third-order valence-corrected chi connectivity index (χ3v) is 5.44. The van der Waals surface area contributed by atoms with Gasteiger partial charge < -0.3 is 19.7 Å². The number of amides is 1. The summed E-state index contributed by atoms with van der Waals surface area (Å²) in [5, 5.41) is 2.88. The lowest BCUT2D eigenvalue weighted by molar-refractivity contribution is -0.137. The normalized spacial score (nSPS) is 16.0. The lowest BCUT2D eigenvalue weighted by atomic mass is 10.1. The van der Waals surface area contributed by atoms with Crippen molar-refractivity contribution in [2.45, 2.75) is 19.1 Å². The Morgan fingerprint density at radius 3 is 2.35 bits per heavy atom. The van der Waals surface area contributed by atoms with E-state index in [1.165, 1.54) is 19.2 Å². The maximum atomic E-state index is 13.0. The minimum Gasteiger partial charge on any atom is -0.497 e. The van der Waals surface area contributed by atoms with E-state index in [2.05, 4.69) is 5.32 Å². The van der Waals surface area contributed by atoms with Gasteiger partial charge in [-0.15, -0.1) is 0 Å². The molecule has 0 aliphatic carbocycles. The number of hydrogen-bond donors (Lipinski definition) is 1. The zero-order valence-corrected chi connectivity index (χ0v) is 17.7. The molecule has 2 aromatic carbocycles. The molecule has 3 rings (SSSR count). The zero-order valence-electron chi connectivity index (χ0n) is 17.7. The molecular formula is C22H26F3N3O3. The molecule has 6 nitrogen and oxygen atoms in total. The van der Waals surface area contributed by atoms with Crippen LogP contribution in [0, 0.1) is 0 Å². The van der Waals surface area contributed by atoms with Crippen LogP contribution in [0.4, 0.5) is 24.5 Å². The van der Waals surface area contributed by atoms with Gasteiger partial charge in [0.05, 0.1) is 31.5 Å². The molecule has 0 radical (unpaired) electrons. The Labute approximate surface area is 179 Å². The predicted octanol–water partition coefficient (Wildman–Crippen LogP) is 3.87. The van der Waals surface area contributed by atoms with Crippen molar-refractivity contribution in [3.8, 4) is 11.5 Å². The van der Waals surface area contributed by atoms with Crippen LogP contribution in [0.25, 0.3) is 0 Å². The summed E-state index contributed by atoms with van der Waals surface area (Å²) in [6.07, 6.45) is -4.37. The quantitative estimate of drug-likeness (QED) is 0.744. The Balaban J connectivity index is 1.61. The van der Waals surface area contributed by atoms with Crippen LogP contribution in [-0.4, -0.2) is 57.2 Å². The third kappa shape index (κ3) is 5.41. The number of methoxy groups -OCH3 is 2. The molecule has 0 aromatic heterocycles. The van der Waals surface area contributed by atoms with Gasteiger partial charge in [0.15, 0.2) is 0 Å². The average molecular weight is 437 g/mol. The number of hydrogen-bond acceptors (Lipinski definition) is 5. The van der Waals surface area contributed by atoms with Gasteiger partial charge in [0.1, 0.15) is 11.5 Å². The van der Waals surface area contributed by atoms with E-state index in [-0.39, 0.29) is 5.91 Å². The fraction of sp³-hybridized carbons (Fsp3) is 0.409. The first-order chi connectivity index (χ1) is 14.7. The maximum absolute atomic E-state index is 13.0. The smallest absolute Gasteiger partial charge is 0.416 e. The molecule has 1 N–H and O–H groups in total. The number of ether oxygens (including phenoxy) is 2. The monoisotopic (exact) mass is 437 g/mol. The number of halogens is 3. The number of rotatable bonds is 6. The lowest BCUT2D eigenvalue weighted by Gasteiger charge is -2.38. The lowest BCUT2D eigenvalue weighted by Crippen LogP contribution is -2.52. The number of carbonyl (C=O) groups excluding carboxylic acids is 1. The van der Waals surface area contributed by atoms with Gasteiger partial charge in [-0.25, -0.2) is 0 Å². The molecule has 1 aliphatic heterocycles. The van der Waals surface area contributed by atoms with Crippen molar-refractivity contribution in [3.05, 3.63) is 48.0 Å². The second-order valence-electron chi connectivity index (χ2n) is 7.30. The van der Waals surface area contributed by atoms with Gasteiger partial charge in [-0.2, -0.15) is 13.2 Å². The van der Waals surface area contributed by atoms with E-state index in [0.717, 1.165) is 6.07 Å². The summed E-state index contributed by atoms with van der Waals surface area (Å²) in [7, 11) is 3.06. The molecule has 1 aliphatic rings. The van der Waals surface area contributed by atoms with Crippen molar-refractivity contribution < 1.29 is 27.4 Å². The van der Waals surface area contributed by atoms with Crippen molar-refractivity contribution in [2.24, 2.45) is 0 Å². The van der Waals surface area contributed by atoms with E-state index in [1.807, 2.05) is 16.7 Å². The van der Waals surface area contributed by atoms with Crippen LogP contribution < -0.4 is 19.7 Å². The van der Waals surface area contributed by atoms with Crippen molar-refractivity contribution in [3.63, 3.8) is 0 Å². The SMILES string of the molecule is COc1ccc(OC)c(NC(=O)C(C)N2CCN(c3cccc(C(F)(F)F)c3)CC2)c1. The van der Waals surface area contributed by atoms with Crippen molar-refractivity contribution in [1.82, 2.24) is 4.90 Å². The molecule has 1 heterocycles. The number of carbonyl (C=O) groups is 1. The largest absolute Gasteiger partial charge is 0.497 e. The topological polar surface area (TPSA) is 54.0 Å². The van der Waals surface area contributed by atoms with E-state index in [9.17, 15) is 18.0 Å². The Morgan fingerprint density at radius 1 is 1.03 bits per heavy atom. The Hall–Kier alpha value is -2.94. The summed E-state index contributed by atoms with van der Waals surface area (Å²) < 4.78 is 49.5. The van der Waals surface area contributed by atoms with Crippen LogP contribution in [0.5, 0.6) is 11.5 Å². The number of nitrogens with zero attached hydrogens (tertiary/aromatic N) is 2. The van der Waals surface area contributed by atoms with E-state index >= 15 is 0 Å². The van der Waals surface area contributed by atoms with Crippen LogP contribution in [0.15, 0.2) is 42.5 Å². The molecule has 1 saturated heterocycles. The molecule has 1 unspecified atom stereocenters. The van der Waals surface area contributed by atoms with Crippen molar-refractivity contribution >= 4 is 17.3 Å². The molecule has 0 spiro atoms. The Kier molecular flexibility index (Phi) is 6.94. The third-order valence-electron chi connectivity index (χ3n) is 5.44. The maximum Gasteiger partial charge on any atom is 0.416 e. The molecule has 0 bridgehead atoms. The number of piperazine rings is 1. The highest BCUT2D eigenvalue weighted by atomic mass is 19.4. The molecule has 31 heavy (non-hydrogen) atoms. The van der Waals surface area contributed by atoms with Crippen LogP contribution in [-0.2, 0) is 11.0 Å². The summed E-state index contributed by atoms with van der Waals surface area (Å²) in [5.41, 5.74) is 0.390. The van der Waals surface area contributed by atoms with E-state index in [1.54, 1.807) is 31.4 Å². The van der Waals surface area contributed by atoms with E-state index < -0.39 is 17.8 Å². The van der Waals surface area contributed by atoms with E-state index in [0.29, 0.717) is 49.1 Å². The molecular weight excluding hydrogens is 411 g/mol. The van der Waals surface area contributed by atoms with Gasteiger partial charge in [-0.1, -0.05) is 6.07 Å². The van der Waals surface area contributed by atoms with Crippen LogP contribution in [0.3, 0.4) is 0 Å². The highest BCUT2D eigenvalue weighted by Crippen LogP contribution is 2.32. The summed E-state index contributed by atoms with van der Waals surface area (Å²) in [5.74, 6) is 0.924. The first-order valence-corrected chi connectivity index (χ1v) is 9.92. The molecule has 2 aromatic rings. The molecule has 0 saturated carbocycles. The average Bonchev–Trinajstić information content (AvgIpc) is 2.78. The van der Waals surface area contributed by atoms with Gasteiger partial charge in [0.2, 0.25) is 5.91 Å². The summed E-state index contributed by atoms with van der Waals surface area (Å²) >= 11 is 0. The minimum atomic E-state index is -4.37. The predicted molar refractivity (Wildman–Crippen MR) is 113 cm³/mol. The fourth-order valence-corrected chi connectivity index (χ4v) is 3.56. The van der Waals surface area contributed by atoms with Gasteiger partial charge in [0.25, 0.3) is 0 Å². The van der Waals surface area contributed by atoms with Crippen molar-refractivity contribution in [2.75, 3.05) is 50.6 Å². The number of nitrogens with one attached hydrogen (secondary N) is 1. The highest BCUT2D eigenvalue weighted by molar-refractivity contribution is 5.96. The molecule has 168 valence electrons. The molecule has 1 atom stereocenters. The van der Waals surface area contributed by atoms with E-state index in [4.69, 9.17) is 9.47 Å². The standard InChI is InChI=1S/C22H26F3N3O3/c1-15(21(29)26-19-14-18(30-2)7-8-20(19)31-3)27-9-11-28(12-10-27)17-6-4-5-16(13-17)22(23,24)25/h4-8,13-15H,9-12H2,1-3H3,(H,26,29). The molecule has 9 heteroatoms. The molecule has 1 amide bonds. The first kappa shape index (κ1) is 22.7.